The van der Waals surface area contributed by atoms with Crippen LogP contribution in [-0.4, -0.2) is 46.7 Å². The fourth-order valence-corrected chi connectivity index (χ4v) is 4.31. The second kappa shape index (κ2) is 9.40. The van der Waals surface area contributed by atoms with Crippen LogP contribution in [0.15, 0.2) is 55.1 Å². The van der Waals surface area contributed by atoms with Crippen molar-refractivity contribution in [2.24, 2.45) is 0 Å². The number of nitrogens with one attached hydrogen (secondary N) is 1. The minimum Gasteiger partial charge on any atom is -0.368 e. The van der Waals surface area contributed by atoms with Gasteiger partial charge in [-0.15, -0.1) is 5.10 Å². The lowest BCUT2D eigenvalue weighted by Gasteiger charge is -2.25. The molecule has 0 aliphatic carbocycles. The van der Waals surface area contributed by atoms with Crippen molar-refractivity contribution in [1.29, 1.82) is 5.26 Å². The molecule has 38 heavy (non-hydrogen) atoms. The van der Waals surface area contributed by atoms with Gasteiger partial charge in [-0.25, -0.2) is 24.6 Å². The first-order valence-corrected chi connectivity index (χ1v) is 12.0. The smallest absolute Gasteiger partial charge is 0.290 e. The number of fused-ring (bicyclic) bond motifs is 1. The monoisotopic (exact) mass is 506 g/mol. The second-order valence-corrected chi connectivity index (χ2v) is 9.69. The maximum atomic E-state index is 12.3. The van der Waals surface area contributed by atoms with Crippen LogP contribution in [0.4, 0.5) is 5.95 Å². The van der Waals surface area contributed by atoms with Gasteiger partial charge in [-0.05, 0) is 63.6 Å². The normalized spacial score (nSPS) is 11.4. The van der Waals surface area contributed by atoms with Crippen LogP contribution in [0.5, 0.6) is 0 Å². The number of aromatic nitrogens is 7. The number of nitriles is 1. The van der Waals surface area contributed by atoms with Crippen LogP contribution in [0.1, 0.15) is 43.9 Å². The number of rotatable bonds is 5. The molecule has 0 aliphatic heterocycles. The zero-order valence-electron chi connectivity index (χ0n) is 21.5. The fourth-order valence-electron chi connectivity index (χ4n) is 4.31. The van der Waals surface area contributed by atoms with E-state index in [0.717, 1.165) is 22.2 Å². The van der Waals surface area contributed by atoms with Gasteiger partial charge in [0.05, 0.1) is 28.4 Å². The van der Waals surface area contributed by atoms with Gasteiger partial charge < -0.3 is 15.6 Å². The number of amides is 1. The summed E-state index contributed by atoms with van der Waals surface area (Å²) in [4.78, 5) is 29.7. The molecule has 0 unspecified atom stereocenters. The molecule has 3 aromatic heterocycles. The number of benzene rings is 2. The Kier molecular flexibility index (Phi) is 6.08. The number of hydrogen-bond acceptors (Lipinski definition) is 8. The van der Waals surface area contributed by atoms with Crippen LogP contribution >= 0.6 is 0 Å². The Morgan fingerprint density at radius 1 is 1.08 bits per heavy atom. The summed E-state index contributed by atoms with van der Waals surface area (Å²) in [5, 5.41) is 16.8. The zero-order valence-corrected chi connectivity index (χ0v) is 21.5. The minimum atomic E-state index is -0.359. The van der Waals surface area contributed by atoms with E-state index in [1.54, 1.807) is 30.6 Å². The van der Waals surface area contributed by atoms with Crippen molar-refractivity contribution in [2.45, 2.75) is 33.2 Å². The Morgan fingerprint density at radius 2 is 1.84 bits per heavy atom. The van der Waals surface area contributed by atoms with Gasteiger partial charge >= 0.3 is 0 Å². The molecule has 0 bridgehead atoms. The molecule has 1 amide bonds. The van der Waals surface area contributed by atoms with Gasteiger partial charge in [-0.3, -0.25) is 4.79 Å². The van der Waals surface area contributed by atoms with Crippen molar-refractivity contribution in [2.75, 3.05) is 12.3 Å². The number of nitrogens with zero attached hydrogens (tertiary/aromatic N) is 8. The number of hydrogen-bond donors (Lipinski definition) is 2. The van der Waals surface area contributed by atoms with Crippen LogP contribution in [-0.2, 0) is 5.54 Å². The van der Waals surface area contributed by atoms with Gasteiger partial charge in [0.2, 0.25) is 11.8 Å². The molecule has 0 aliphatic rings. The predicted octanol–water partition coefficient (Wildman–Crippen LogP) is 3.70. The standard InChI is InChI=1S/C27H26N10O/c1-5-30-25(38)23-33-15-36(35-23)21-8-6-16(12-28)10-19(21)24-34-20-11-17(18-13-31-26(29)32-14-18)7-9-22(20)37(24)27(2,3)4/h6-11,13-15H,5H2,1-4H3,(H,30,38)(H2,29,31,32). The number of carbonyl (C=O) groups is 1. The molecule has 0 saturated carbocycles. The average molecular weight is 507 g/mol. The molecule has 0 atom stereocenters. The van der Waals surface area contributed by atoms with Gasteiger partial charge in [-0.1, -0.05) is 6.07 Å². The van der Waals surface area contributed by atoms with Gasteiger partial charge in [0.25, 0.3) is 5.91 Å². The van der Waals surface area contributed by atoms with Crippen LogP contribution in [0.25, 0.3) is 39.2 Å². The molecule has 0 saturated heterocycles. The summed E-state index contributed by atoms with van der Waals surface area (Å²) in [7, 11) is 0. The lowest BCUT2D eigenvalue weighted by atomic mass is 10.0. The highest BCUT2D eigenvalue weighted by Crippen LogP contribution is 2.36. The van der Waals surface area contributed by atoms with Crippen LogP contribution in [0, 0.1) is 11.3 Å². The van der Waals surface area contributed by atoms with E-state index in [-0.39, 0.29) is 23.2 Å². The molecule has 0 fully saturated rings. The second-order valence-electron chi connectivity index (χ2n) is 9.69. The lowest BCUT2D eigenvalue weighted by Crippen LogP contribution is -2.24. The third kappa shape index (κ3) is 4.43. The Balaban J connectivity index is 1.72. The first-order chi connectivity index (χ1) is 18.2. The number of anilines is 1. The third-order valence-corrected chi connectivity index (χ3v) is 5.98. The van der Waals surface area contributed by atoms with Gasteiger partial charge in [0.15, 0.2) is 0 Å². The molecule has 3 heterocycles. The zero-order chi connectivity index (χ0) is 27.0. The third-order valence-electron chi connectivity index (χ3n) is 5.98. The van der Waals surface area contributed by atoms with Crippen LogP contribution < -0.4 is 11.1 Å². The quantitative estimate of drug-likeness (QED) is 0.366. The van der Waals surface area contributed by atoms with Crippen molar-refractivity contribution < 1.29 is 4.79 Å². The topological polar surface area (TPSA) is 153 Å². The number of carbonyl (C=O) groups excluding carboxylic acids is 1. The summed E-state index contributed by atoms with van der Waals surface area (Å²) in [6.07, 6.45) is 4.84. The van der Waals surface area contributed by atoms with E-state index in [1.807, 2.05) is 25.1 Å². The average Bonchev–Trinajstić information content (AvgIpc) is 3.54. The largest absolute Gasteiger partial charge is 0.368 e. The molecule has 11 nitrogen and oxygen atoms in total. The molecule has 5 aromatic rings. The Labute approximate surface area is 219 Å². The van der Waals surface area contributed by atoms with E-state index in [9.17, 15) is 10.1 Å². The summed E-state index contributed by atoms with van der Waals surface area (Å²) >= 11 is 0. The molecular weight excluding hydrogens is 480 g/mol. The predicted molar refractivity (Wildman–Crippen MR) is 143 cm³/mol. The van der Waals surface area contributed by atoms with E-state index in [4.69, 9.17) is 10.7 Å². The lowest BCUT2D eigenvalue weighted by molar-refractivity contribution is 0.0945. The molecule has 190 valence electrons. The van der Waals surface area contributed by atoms with E-state index < -0.39 is 0 Å². The molecule has 3 N–H and O–H groups in total. The number of nitrogens with two attached hydrogens (primary N) is 1. The highest BCUT2D eigenvalue weighted by molar-refractivity contribution is 5.90. The van der Waals surface area contributed by atoms with Crippen molar-refractivity contribution >= 4 is 22.9 Å². The Morgan fingerprint density at radius 3 is 2.53 bits per heavy atom. The van der Waals surface area contributed by atoms with Gasteiger partial charge in [-0.2, -0.15) is 5.26 Å². The van der Waals surface area contributed by atoms with E-state index in [1.165, 1.54) is 11.0 Å². The number of nitrogen functional groups attached to an aromatic ring is 1. The SMILES string of the molecule is CCNC(=O)c1ncn(-c2ccc(C#N)cc2-c2nc3cc(-c4cnc(N)nc4)ccc3n2C(C)(C)C)n1. The van der Waals surface area contributed by atoms with Crippen molar-refractivity contribution in [1.82, 2.24) is 39.6 Å². The summed E-state index contributed by atoms with van der Waals surface area (Å²) in [5.41, 5.74) is 10.5. The van der Waals surface area contributed by atoms with E-state index in [0.29, 0.717) is 29.2 Å². The molecule has 5 rings (SSSR count). The summed E-state index contributed by atoms with van der Waals surface area (Å²) in [6, 6.07) is 13.5. The Bertz CT molecular complexity index is 1700. The Hall–Kier alpha value is -5.11. The van der Waals surface area contributed by atoms with E-state index in [2.05, 4.69) is 56.8 Å². The summed E-state index contributed by atoms with van der Waals surface area (Å²) < 4.78 is 3.66. The number of imidazole rings is 1. The molecule has 2 aromatic carbocycles. The fraction of sp³-hybridized carbons (Fsp3) is 0.222. The van der Waals surface area contributed by atoms with Gasteiger partial charge in [0, 0.05) is 35.6 Å². The van der Waals surface area contributed by atoms with Crippen LogP contribution in [0.2, 0.25) is 0 Å². The van der Waals surface area contributed by atoms with E-state index >= 15 is 0 Å². The molecule has 11 heteroatoms. The maximum absolute atomic E-state index is 12.3. The highest BCUT2D eigenvalue weighted by Gasteiger charge is 2.25. The van der Waals surface area contributed by atoms with Crippen molar-refractivity contribution in [3.05, 3.63) is 66.5 Å². The highest BCUT2D eigenvalue weighted by atomic mass is 16.2. The maximum Gasteiger partial charge on any atom is 0.290 e. The van der Waals surface area contributed by atoms with Crippen LogP contribution in [0.3, 0.4) is 0 Å². The summed E-state index contributed by atoms with van der Waals surface area (Å²) in [6.45, 7) is 8.58. The van der Waals surface area contributed by atoms with Gasteiger partial charge in [0.1, 0.15) is 12.2 Å². The first kappa shape index (κ1) is 24.6. The first-order valence-electron chi connectivity index (χ1n) is 12.0. The summed E-state index contributed by atoms with van der Waals surface area (Å²) in [5.74, 6) is 0.562. The minimum absolute atomic E-state index is 0.0573. The van der Waals surface area contributed by atoms with Crippen molar-refractivity contribution in [3.63, 3.8) is 0 Å². The molecule has 0 spiro atoms. The van der Waals surface area contributed by atoms with Crippen molar-refractivity contribution in [3.8, 4) is 34.3 Å². The molecule has 0 radical (unpaired) electrons. The molecular formula is C27H26N10O.